The standard InChI is InChI=1S/C19H17F23N2O4S/c1-44(2,7-4-8(45)46)6-3-5-43-49(47,48)19(41,42)17(36,37)15(32,33)13(28,29)11(24,25)9(20,21)10(22,23)12(26,27)14(30,31)16(34,35)18(38,39)40/h43H,3-7H2,1-2H3/p+1. The van der Waals surface area contributed by atoms with E-state index in [0.717, 1.165) is 0 Å². The van der Waals surface area contributed by atoms with Crippen molar-refractivity contribution in [3.8, 4) is 0 Å². The minimum Gasteiger partial charge on any atom is -0.481 e. The predicted molar refractivity (Wildman–Crippen MR) is 111 cm³/mol. The molecule has 294 valence electrons. The number of sulfonamides is 1. The summed E-state index contributed by atoms with van der Waals surface area (Å²) in [6.07, 6.45) is -9.61. The van der Waals surface area contributed by atoms with Crippen LogP contribution in [0.5, 0.6) is 0 Å². The number of quaternary nitrogens is 1. The van der Waals surface area contributed by atoms with Gasteiger partial charge in [-0.2, -0.15) is 101 Å². The molecule has 0 heterocycles. The molecule has 0 unspecified atom stereocenters. The van der Waals surface area contributed by atoms with Crippen LogP contribution in [0.25, 0.3) is 0 Å². The van der Waals surface area contributed by atoms with E-state index in [4.69, 9.17) is 5.11 Å². The van der Waals surface area contributed by atoms with Gasteiger partial charge < -0.3 is 9.59 Å². The molecular weight excluding hydrogens is 789 g/mol. The fourth-order valence-electron chi connectivity index (χ4n) is 3.22. The molecule has 0 aromatic rings. The van der Waals surface area contributed by atoms with E-state index in [-0.39, 0.29) is 6.54 Å². The molecule has 0 aromatic carbocycles. The van der Waals surface area contributed by atoms with E-state index in [9.17, 15) is 114 Å². The van der Waals surface area contributed by atoms with E-state index in [0.29, 0.717) is 4.72 Å². The highest BCUT2D eigenvalue weighted by Crippen LogP contribution is 2.67. The highest BCUT2D eigenvalue weighted by atomic mass is 32.2. The molecule has 0 rings (SSSR count). The van der Waals surface area contributed by atoms with Gasteiger partial charge in [-0.25, -0.2) is 13.1 Å². The van der Waals surface area contributed by atoms with Crippen LogP contribution < -0.4 is 4.72 Å². The van der Waals surface area contributed by atoms with Crippen molar-refractivity contribution in [3.05, 3.63) is 0 Å². The summed E-state index contributed by atoms with van der Waals surface area (Å²) in [5.74, 6) is -84.5. The Balaban J connectivity index is 6.84. The average molecular weight is 807 g/mol. The molecular formula is C19H18F23N2O4S+. The van der Waals surface area contributed by atoms with Crippen molar-refractivity contribution >= 4 is 16.0 Å². The normalized spacial score (nSPS) is 16.3. The minimum atomic E-state index is -9.59. The van der Waals surface area contributed by atoms with Gasteiger partial charge >= 0.3 is 70.7 Å². The topological polar surface area (TPSA) is 83.5 Å². The van der Waals surface area contributed by atoms with E-state index in [2.05, 4.69) is 0 Å². The van der Waals surface area contributed by atoms with Crippen LogP contribution in [0.3, 0.4) is 0 Å². The summed E-state index contributed by atoms with van der Waals surface area (Å²) in [6.45, 7) is -2.37. The van der Waals surface area contributed by atoms with Crippen LogP contribution in [0.2, 0.25) is 0 Å². The van der Waals surface area contributed by atoms with E-state index >= 15 is 0 Å². The van der Waals surface area contributed by atoms with Gasteiger partial charge in [0.25, 0.3) is 10.0 Å². The Morgan fingerprint density at radius 2 is 0.816 bits per heavy atom. The molecule has 0 fully saturated rings. The van der Waals surface area contributed by atoms with Gasteiger partial charge in [0.15, 0.2) is 0 Å². The summed E-state index contributed by atoms with van der Waals surface area (Å²) in [5, 5.41) is 0.661. The average Bonchev–Trinajstić information content (AvgIpc) is 2.88. The number of rotatable bonds is 18. The van der Waals surface area contributed by atoms with E-state index < -0.39 is 111 Å². The van der Waals surface area contributed by atoms with Crippen LogP contribution in [0.4, 0.5) is 101 Å². The van der Waals surface area contributed by atoms with Crippen molar-refractivity contribution < 1.29 is 124 Å². The minimum absolute atomic E-state index is 0.302. The highest BCUT2D eigenvalue weighted by Gasteiger charge is 2.99. The molecule has 49 heavy (non-hydrogen) atoms. The molecule has 0 bridgehead atoms. The van der Waals surface area contributed by atoms with Gasteiger partial charge in [0.05, 0.1) is 33.6 Å². The second-order valence-corrected chi connectivity index (χ2v) is 12.3. The summed E-state index contributed by atoms with van der Waals surface area (Å²) < 4.78 is 333. The molecule has 0 aliphatic heterocycles. The second kappa shape index (κ2) is 12.7. The molecule has 0 aliphatic carbocycles. The Bertz CT molecular complexity index is 1310. The largest absolute Gasteiger partial charge is 0.481 e. The highest BCUT2D eigenvalue weighted by molar-refractivity contribution is 7.90. The summed E-state index contributed by atoms with van der Waals surface area (Å²) in [7, 11) is -5.26. The Morgan fingerprint density at radius 1 is 0.531 bits per heavy atom. The van der Waals surface area contributed by atoms with Crippen LogP contribution in [-0.4, -0.2) is 122 Å². The molecule has 0 aromatic heterocycles. The maximum atomic E-state index is 14.1. The smallest absolute Gasteiger partial charge is 0.460 e. The van der Waals surface area contributed by atoms with Gasteiger partial charge in [-0.1, -0.05) is 0 Å². The van der Waals surface area contributed by atoms with Gasteiger partial charge in [-0.15, -0.1) is 0 Å². The van der Waals surface area contributed by atoms with Crippen molar-refractivity contribution in [3.63, 3.8) is 0 Å². The number of halogens is 23. The molecule has 0 saturated heterocycles. The van der Waals surface area contributed by atoms with Crippen molar-refractivity contribution in [2.45, 2.75) is 77.6 Å². The van der Waals surface area contributed by atoms with Gasteiger partial charge in [-0.05, 0) is 0 Å². The summed E-state index contributed by atoms with van der Waals surface area (Å²) in [5.41, 5.74) is 0. The molecule has 0 amide bonds. The number of carbonyl (C=O) groups is 1. The Hall–Kier alpha value is -2.27. The first-order valence-corrected chi connectivity index (χ1v) is 13.2. The molecule has 0 spiro atoms. The molecule has 0 radical (unpaired) electrons. The van der Waals surface area contributed by atoms with Crippen LogP contribution in [0, 0.1) is 0 Å². The quantitative estimate of drug-likeness (QED) is 0.0917. The Labute approximate surface area is 256 Å². The summed E-state index contributed by atoms with van der Waals surface area (Å²) >= 11 is 0. The number of carboxylic acids is 1. The zero-order valence-electron chi connectivity index (χ0n) is 23.3. The Kier molecular flexibility index (Phi) is 12.2. The lowest BCUT2D eigenvalue weighted by molar-refractivity contribution is -0.889. The molecule has 6 nitrogen and oxygen atoms in total. The van der Waals surface area contributed by atoms with Crippen LogP contribution in [-0.2, 0) is 14.8 Å². The number of nitrogens with zero attached hydrogens (tertiary/aromatic N) is 1. The number of alkyl halides is 23. The molecule has 30 heteroatoms. The first kappa shape index (κ1) is 46.7. The lowest BCUT2D eigenvalue weighted by Gasteiger charge is -2.45. The van der Waals surface area contributed by atoms with Gasteiger partial charge in [0, 0.05) is 13.0 Å². The third-order valence-corrected chi connectivity index (χ3v) is 7.89. The SMILES string of the molecule is C[N+](C)(CCCNS(=O)(=O)C(F)(F)C(F)(F)C(F)(F)C(F)(F)C(F)(F)C(F)(F)C(F)(F)C(F)(F)C(F)(F)C(F)(F)C(F)(F)F)CCC(=O)O. The van der Waals surface area contributed by atoms with E-state index in [1.165, 1.54) is 14.1 Å². The lowest BCUT2D eigenvalue weighted by atomic mass is 9.86. The van der Waals surface area contributed by atoms with E-state index in [1.807, 2.05) is 0 Å². The van der Waals surface area contributed by atoms with Gasteiger partial charge in [0.2, 0.25) is 0 Å². The molecule has 0 saturated carbocycles. The number of nitrogens with one attached hydrogen (secondary N) is 1. The van der Waals surface area contributed by atoms with Gasteiger partial charge in [0.1, 0.15) is 0 Å². The number of aliphatic carboxylic acids is 1. The molecule has 0 atom stereocenters. The van der Waals surface area contributed by atoms with Crippen molar-refractivity contribution in [1.82, 2.24) is 4.72 Å². The number of carboxylic acid groups (broad SMARTS) is 1. The predicted octanol–water partition coefficient (Wildman–Crippen LogP) is 6.72. The third kappa shape index (κ3) is 7.01. The zero-order valence-corrected chi connectivity index (χ0v) is 24.1. The number of hydrogen-bond donors (Lipinski definition) is 2. The third-order valence-electron chi connectivity index (χ3n) is 6.38. The van der Waals surface area contributed by atoms with Crippen molar-refractivity contribution in [1.29, 1.82) is 0 Å². The zero-order chi connectivity index (χ0) is 40.3. The molecule has 2 N–H and O–H groups in total. The number of hydrogen-bond acceptors (Lipinski definition) is 3. The maximum absolute atomic E-state index is 14.1. The van der Waals surface area contributed by atoms with Crippen molar-refractivity contribution in [2.75, 3.05) is 33.7 Å². The second-order valence-electron chi connectivity index (χ2n) is 10.5. The fourth-order valence-corrected chi connectivity index (χ4v) is 4.28. The van der Waals surface area contributed by atoms with Crippen LogP contribution >= 0.6 is 0 Å². The van der Waals surface area contributed by atoms with Crippen molar-refractivity contribution in [2.24, 2.45) is 0 Å². The fraction of sp³-hybridized carbons (Fsp3) is 0.947. The lowest BCUT2D eigenvalue weighted by Crippen LogP contribution is -2.78. The van der Waals surface area contributed by atoms with Gasteiger partial charge in [-0.3, -0.25) is 4.79 Å². The summed E-state index contributed by atoms with van der Waals surface area (Å²) in [4.78, 5) is 10.6. The Morgan fingerprint density at radius 3 is 1.10 bits per heavy atom. The van der Waals surface area contributed by atoms with Crippen LogP contribution in [0.15, 0.2) is 0 Å². The summed E-state index contributed by atoms with van der Waals surface area (Å²) in [6, 6.07) is 0. The maximum Gasteiger partial charge on any atom is 0.460 e. The van der Waals surface area contributed by atoms with Crippen LogP contribution in [0.1, 0.15) is 12.8 Å². The molecule has 0 aliphatic rings. The van der Waals surface area contributed by atoms with E-state index in [1.54, 1.807) is 0 Å². The first-order chi connectivity index (χ1) is 20.9. The monoisotopic (exact) mass is 807 g/mol. The first-order valence-electron chi connectivity index (χ1n) is 11.7.